The quantitative estimate of drug-likeness (QED) is 0.617. The van der Waals surface area contributed by atoms with Crippen LogP contribution < -0.4 is 5.32 Å². The highest BCUT2D eigenvalue weighted by molar-refractivity contribution is 9.10. The van der Waals surface area contributed by atoms with Gasteiger partial charge in [0.1, 0.15) is 0 Å². The Morgan fingerprint density at radius 3 is 2.69 bits per heavy atom. The van der Waals surface area contributed by atoms with E-state index in [0.29, 0.717) is 5.25 Å². The number of thioether (sulfide) groups is 1. The number of rotatable bonds is 7. The molecule has 0 amide bonds. The van der Waals surface area contributed by atoms with Crippen LogP contribution in [0, 0.1) is 0 Å². The molecule has 0 saturated carbocycles. The van der Waals surface area contributed by atoms with Gasteiger partial charge in [-0.1, -0.05) is 22.9 Å². The van der Waals surface area contributed by atoms with Crippen molar-refractivity contribution in [2.75, 3.05) is 26.8 Å². The molecule has 1 aromatic rings. The second kappa shape index (κ2) is 8.12. The van der Waals surface area contributed by atoms with Gasteiger partial charge in [-0.3, -0.25) is 0 Å². The van der Waals surface area contributed by atoms with Crippen LogP contribution in [-0.4, -0.2) is 32.1 Å². The fourth-order valence-electron chi connectivity index (χ4n) is 1.27. The van der Waals surface area contributed by atoms with Crippen molar-refractivity contribution >= 4 is 27.7 Å². The van der Waals surface area contributed by atoms with Gasteiger partial charge in [0, 0.05) is 34.8 Å². The van der Waals surface area contributed by atoms with Crippen molar-refractivity contribution in [3.05, 3.63) is 28.7 Å². The van der Waals surface area contributed by atoms with E-state index in [-0.39, 0.29) is 0 Å². The minimum absolute atomic E-state index is 0.568. The molecule has 90 valence electrons. The van der Waals surface area contributed by atoms with Gasteiger partial charge < -0.3 is 10.1 Å². The first kappa shape index (κ1) is 14.0. The molecule has 0 aliphatic heterocycles. The summed E-state index contributed by atoms with van der Waals surface area (Å²) in [5, 5.41) is 3.93. The molecule has 1 aromatic carbocycles. The average molecular weight is 304 g/mol. The van der Waals surface area contributed by atoms with Crippen LogP contribution in [0.5, 0.6) is 0 Å². The first-order valence-electron chi connectivity index (χ1n) is 5.34. The van der Waals surface area contributed by atoms with E-state index in [4.69, 9.17) is 4.74 Å². The summed E-state index contributed by atoms with van der Waals surface area (Å²) >= 11 is 5.32. The summed E-state index contributed by atoms with van der Waals surface area (Å²) in [7, 11) is 1.72. The van der Waals surface area contributed by atoms with E-state index in [2.05, 4.69) is 52.4 Å². The van der Waals surface area contributed by atoms with Gasteiger partial charge in [0.25, 0.3) is 0 Å². The predicted molar refractivity (Wildman–Crippen MR) is 74.2 cm³/mol. The van der Waals surface area contributed by atoms with E-state index in [1.165, 1.54) is 4.90 Å². The molecule has 0 bridgehead atoms. The summed E-state index contributed by atoms with van der Waals surface area (Å²) in [6.07, 6.45) is 0. The van der Waals surface area contributed by atoms with Crippen LogP contribution in [0.2, 0.25) is 0 Å². The summed E-state index contributed by atoms with van der Waals surface area (Å²) in [5.41, 5.74) is 0. The fraction of sp³-hybridized carbons (Fsp3) is 0.500. The van der Waals surface area contributed by atoms with E-state index in [1.807, 2.05) is 11.8 Å². The molecule has 0 saturated heterocycles. The van der Waals surface area contributed by atoms with Gasteiger partial charge in [-0.05, 0) is 24.3 Å². The van der Waals surface area contributed by atoms with Gasteiger partial charge in [0.2, 0.25) is 0 Å². The normalized spacial score (nSPS) is 12.7. The summed E-state index contributed by atoms with van der Waals surface area (Å²) in [6.45, 7) is 4.92. The molecule has 0 aliphatic carbocycles. The second-order valence-corrected chi connectivity index (χ2v) is 6.01. The fourth-order valence-corrected chi connectivity index (χ4v) is 2.49. The Morgan fingerprint density at radius 1 is 1.38 bits per heavy atom. The van der Waals surface area contributed by atoms with Crippen LogP contribution in [0.1, 0.15) is 6.92 Å². The standard InChI is InChI=1S/C12H18BrNOS/c1-10(9-14-7-8-15-2)16-12-5-3-11(13)4-6-12/h3-6,10,14H,7-9H2,1-2H3. The Balaban J connectivity index is 2.23. The smallest absolute Gasteiger partial charge is 0.0587 e. The number of ether oxygens (including phenoxy) is 1. The third-order valence-corrected chi connectivity index (χ3v) is 3.71. The zero-order valence-electron chi connectivity index (χ0n) is 9.70. The predicted octanol–water partition coefficient (Wildman–Crippen LogP) is 3.17. The molecule has 2 nitrogen and oxygen atoms in total. The molecule has 1 atom stereocenters. The van der Waals surface area contributed by atoms with E-state index in [9.17, 15) is 0 Å². The average Bonchev–Trinajstić information content (AvgIpc) is 2.28. The third-order valence-electron chi connectivity index (χ3n) is 2.07. The highest BCUT2D eigenvalue weighted by Gasteiger charge is 2.03. The maximum Gasteiger partial charge on any atom is 0.0587 e. The molecule has 4 heteroatoms. The molecule has 1 rings (SSSR count). The number of halogens is 1. The molecule has 1 unspecified atom stereocenters. The number of hydrogen-bond acceptors (Lipinski definition) is 3. The van der Waals surface area contributed by atoms with Crippen molar-refractivity contribution in [3.63, 3.8) is 0 Å². The molecule has 16 heavy (non-hydrogen) atoms. The number of methoxy groups -OCH3 is 1. The Kier molecular flexibility index (Phi) is 7.12. The molecule has 0 radical (unpaired) electrons. The lowest BCUT2D eigenvalue weighted by Crippen LogP contribution is -2.26. The van der Waals surface area contributed by atoms with Crippen LogP contribution in [0.25, 0.3) is 0 Å². The largest absolute Gasteiger partial charge is 0.383 e. The van der Waals surface area contributed by atoms with Gasteiger partial charge in [0.15, 0.2) is 0 Å². The van der Waals surface area contributed by atoms with Crippen LogP contribution in [0.4, 0.5) is 0 Å². The molecule has 0 aromatic heterocycles. The van der Waals surface area contributed by atoms with E-state index in [1.54, 1.807) is 7.11 Å². The Labute approximate surface area is 110 Å². The Morgan fingerprint density at radius 2 is 2.06 bits per heavy atom. The van der Waals surface area contributed by atoms with E-state index >= 15 is 0 Å². The van der Waals surface area contributed by atoms with Crippen molar-refractivity contribution in [2.24, 2.45) is 0 Å². The van der Waals surface area contributed by atoms with Gasteiger partial charge in [-0.2, -0.15) is 0 Å². The highest BCUT2D eigenvalue weighted by Crippen LogP contribution is 2.24. The second-order valence-electron chi connectivity index (χ2n) is 3.58. The summed E-state index contributed by atoms with van der Waals surface area (Å²) in [6, 6.07) is 8.43. The number of benzene rings is 1. The van der Waals surface area contributed by atoms with Gasteiger partial charge in [-0.15, -0.1) is 11.8 Å². The topological polar surface area (TPSA) is 21.3 Å². The first-order valence-corrected chi connectivity index (χ1v) is 7.01. The molecule has 0 heterocycles. The maximum atomic E-state index is 4.98. The van der Waals surface area contributed by atoms with Gasteiger partial charge >= 0.3 is 0 Å². The monoisotopic (exact) mass is 303 g/mol. The maximum absolute atomic E-state index is 4.98. The SMILES string of the molecule is COCCNCC(C)Sc1ccc(Br)cc1. The van der Waals surface area contributed by atoms with Crippen molar-refractivity contribution in [1.29, 1.82) is 0 Å². The Hall–Kier alpha value is -0.0300. The Bertz CT molecular complexity index is 292. The number of hydrogen-bond donors (Lipinski definition) is 1. The molecule has 1 N–H and O–H groups in total. The van der Waals surface area contributed by atoms with Crippen LogP contribution in [-0.2, 0) is 4.74 Å². The van der Waals surface area contributed by atoms with Crippen molar-refractivity contribution in [2.45, 2.75) is 17.1 Å². The minimum atomic E-state index is 0.568. The lowest BCUT2D eigenvalue weighted by atomic mass is 10.4. The summed E-state index contributed by atoms with van der Waals surface area (Å²) in [4.78, 5) is 1.31. The first-order chi connectivity index (χ1) is 7.72. The lowest BCUT2D eigenvalue weighted by molar-refractivity contribution is 0.199. The van der Waals surface area contributed by atoms with E-state index < -0.39 is 0 Å². The van der Waals surface area contributed by atoms with Crippen molar-refractivity contribution < 1.29 is 4.74 Å². The number of nitrogens with one attached hydrogen (secondary N) is 1. The van der Waals surface area contributed by atoms with Gasteiger partial charge in [0.05, 0.1) is 6.61 Å². The van der Waals surface area contributed by atoms with E-state index in [0.717, 1.165) is 24.2 Å². The summed E-state index contributed by atoms with van der Waals surface area (Å²) in [5.74, 6) is 0. The molecular formula is C12H18BrNOS. The highest BCUT2D eigenvalue weighted by atomic mass is 79.9. The van der Waals surface area contributed by atoms with Crippen molar-refractivity contribution in [3.8, 4) is 0 Å². The lowest BCUT2D eigenvalue weighted by Gasteiger charge is -2.12. The minimum Gasteiger partial charge on any atom is -0.383 e. The molecular weight excluding hydrogens is 286 g/mol. The zero-order valence-corrected chi connectivity index (χ0v) is 12.1. The van der Waals surface area contributed by atoms with Crippen molar-refractivity contribution in [1.82, 2.24) is 5.32 Å². The third kappa shape index (κ3) is 5.89. The summed E-state index contributed by atoms with van der Waals surface area (Å²) < 4.78 is 6.11. The molecule has 0 fully saturated rings. The van der Waals surface area contributed by atoms with Crippen LogP contribution >= 0.6 is 27.7 Å². The van der Waals surface area contributed by atoms with Gasteiger partial charge in [-0.25, -0.2) is 0 Å². The molecule has 0 spiro atoms. The van der Waals surface area contributed by atoms with Crippen LogP contribution in [0.3, 0.4) is 0 Å². The zero-order chi connectivity index (χ0) is 11.8. The molecule has 0 aliphatic rings. The van der Waals surface area contributed by atoms with Crippen LogP contribution in [0.15, 0.2) is 33.6 Å².